The molecule has 4 heteroatoms. The second kappa shape index (κ2) is 3.64. The van der Waals surface area contributed by atoms with E-state index in [1.54, 1.807) is 0 Å². The Hall–Kier alpha value is -1.22. The molecule has 3 nitrogen and oxygen atoms in total. The molecule has 0 bridgehead atoms. The molecule has 1 aliphatic carbocycles. The molecule has 0 spiro atoms. The minimum atomic E-state index is -0.740. The molecule has 1 aromatic carbocycles. The molecule has 0 radical (unpaired) electrons. The summed E-state index contributed by atoms with van der Waals surface area (Å²) in [5, 5.41) is 9.57. The van der Waals surface area contributed by atoms with Crippen LogP contribution in [0.2, 0.25) is 5.02 Å². The van der Waals surface area contributed by atoms with Crippen LogP contribution in [-0.2, 0) is 16.6 Å². The lowest BCUT2D eigenvalue weighted by atomic mass is 9.91. The van der Waals surface area contributed by atoms with Gasteiger partial charge in [0.25, 0.3) is 0 Å². The van der Waals surface area contributed by atoms with Gasteiger partial charge in [0.15, 0.2) is 0 Å². The summed E-state index contributed by atoms with van der Waals surface area (Å²) in [5.41, 5.74) is 2.01. The molecule has 17 heavy (non-hydrogen) atoms. The topological polar surface area (TPSA) is 46.5 Å². The van der Waals surface area contributed by atoms with Gasteiger partial charge in [-0.1, -0.05) is 17.7 Å². The minimum absolute atomic E-state index is 0.174. The molecule has 1 saturated carbocycles. The summed E-state index contributed by atoms with van der Waals surface area (Å²) in [7, 11) is 0. The zero-order valence-electron chi connectivity index (χ0n) is 9.33. The van der Waals surface area contributed by atoms with E-state index in [1.807, 2.05) is 6.07 Å². The molecule has 0 saturated heterocycles. The molecule has 0 atom stereocenters. The normalized spacial score (nSPS) is 19.6. The highest BCUT2D eigenvalue weighted by Crippen LogP contribution is 2.53. The summed E-state index contributed by atoms with van der Waals surface area (Å²) < 4.78 is 5.45. The molecular weight excluding hydrogens is 240 g/mol. The quantitative estimate of drug-likeness (QED) is 0.900. The van der Waals surface area contributed by atoms with Gasteiger partial charge in [-0.25, -0.2) is 0 Å². The molecule has 3 rings (SSSR count). The molecule has 0 amide bonds. The van der Waals surface area contributed by atoms with Crippen molar-refractivity contribution in [2.24, 2.45) is 0 Å². The Balaban J connectivity index is 1.99. The van der Waals surface area contributed by atoms with Crippen LogP contribution < -0.4 is 4.74 Å². The molecule has 0 unspecified atom stereocenters. The lowest BCUT2D eigenvalue weighted by molar-refractivity contribution is -0.137. The van der Waals surface area contributed by atoms with Crippen molar-refractivity contribution in [1.29, 1.82) is 0 Å². The maximum absolute atomic E-state index is 10.9. The van der Waals surface area contributed by atoms with E-state index in [2.05, 4.69) is 6.07 Å². The van der Waals surface area contributed by atoms with Gasteiger partial charge in [-0.05, 0) is 30.0 Å². The number of hydrogen-bond acceptors (Lipinski definition) is 2. The number of benzene rings is 1. The fraction of sp³-hybridized carbons (Fsp3) is 0.462. The van der Waals surface area contributed by atoms with Crippen molar-refractivity contribution in [1.82, 2.24) is 0 Å². The van der Waals surface area contributed by atoms with Crippen LogP contribution in [0.1, 0.15) is 30.4 Å². The van der Waals surface area contributed by atoms with Crippen LogP contribution in [0.25, 0.3) is 0 Å². The third-order valence-electron chi connectivity index (χ3n) is 3.69. The van der Waals surface area contributed by atoms with Gasteiger partial charge < -0.3 is 9.84 Å². The Bertz CT molecular complexity index is 492. The number of carboxylic acids is 1. The smallest absolute Gasteiger partial charge is 0.304 e. The number of fused-ring (bicyclic) bond motifs is 1. The van der Waals surface area contributed by atoms with Gasteiger partial charge in [0.2, 0.25) is 0 Å². The second-order valence-corrected chi connectivity index (χ2v) is 5.30. The number of hydrogen-bond donors (Lipinski definition) is 1. The van der Waals surface area contributed by atoms with E-state index in [0.29, 0.717) is 11.6 Å². The average Bonchev–Trinajstić information content (AvgIpc) is 2.87. The van der Waals surface area contributed by atoms with Crippen molar-refractivity contribution in [3.05, 3.63) is 28.3 Å². The van der Waals surface area contributed by atoms with Gasteiger partial charge >= 0.3 is 5.97 Å². The molecule has 1 N–H and O–H groups in total. The third kappa shape index (κ3) is 1.78. The summed E-state index contributed by atoms with van der Waals surface area (Å²) in [6.45, 7) is 0.671. The zero-order chi connectivity index (χ0) is 12.0. The second-order valence-electron chi connectivity index (χ2n) is 4.90. The largest absolute Gasteiger partial charge is 0.491 e. The number of rotatable bonds is 3. The Labute approximate surface area is 104 Å². The van der Waals surface area contributed by atoms with Gasteiger partial charge in [0, 0.05) is 11.8 Å². The van der Waals surface area contributed by atoms with Gasteiger partial charge in [-0.2, -0.15) is 0 Å². The minimum Gasteiger partial charge on any atom is -0.491 e. The van der Waals surface area contributed by atoms with Crippen molar-refractivity contribution >= 4 is 17.6 Å². The zero-order valence-corrected chi connectivity index (χ0v) is 10.1. The van der Waals surface area contributed by atoms with Gasteiger partial charge in [0.05, 0.1) is 18.1 Å². The fourth-order valence-electron chi connectivity index (χ4n) is 2.57. The standard InChI is InChI=1S/C13H13ClO3/c14-10-6-9(5-8-1-4-17-12(8)10)13(2-3-13)7-11(15)16/h5-6H,1-4,7H2,(H,15,16). The highest BCUT2D eigenvalue weighted by Gasteiger charge is 2.46. The van der Waals surface area contributed by atoms with E-state index >= 15 is 0 Å². The van der Waals surface area contributed by atoms with Gasteiger partial charge in [-0.3, -0.25) is 4.79 Å². The number of ether oxygens (including phenoxy) is 1. The number of carboxylic acid groups (broad SMARTS) is 1. The molecule has 1 aliphatic heterocycles. The van der Waals surface area contributed by atoms with Crippen LogP contribution in [-0.4, -0.2) is 17.7 Å². The molecule has 2 aliphatic rings. The Morgan fingerprint density at radius 2 is 2.24 bits per heavy atom. The van der Waals surface area contributed by atoms with E-state index in [-0.39, 0.29) is 11.8 Å². The van der Waals surface area contributed by atoms with E-state index in [1.165, 1.54) is 0 Å². The molecule has 1 heterocycles. The first kappa shape index (κ1) is 10.9. The van der Waals surface area contributed by atoms with Gasteiger partial charge in [-0.15, -0.1) is 0 Å². The van der Waals surface area contributed by atoms with Crippen LogP contribution in [0.4, 0.5) is 0 Å². The van der Waals surface area contributed by atoms with Crippen LogP contribution in [0, 0.1) is 0 Å². The highest BCUT2D eigenvalue weighted by atomic mass is 35.5. The number of halogens is 1. The maximum atomic E-state index is 10.9. The maximum Gasteiger partial charge on any atom is 0.304 e. The van der Waals surface area contributed by atoms with Crippen LogP contribution in [0.5, 0.6) is 5.75 Å². The van der Waals surface area contributed by atoms with Gasteiger partial charge in [0.1, 0.15) is 5.75 Å². The Kier molecular flexibility index (Phi) is 2.33. The first-order chi connectivity index (χ1) is 8.11. The average molecular weight is 253 g/mol. The number of carbonyl (C=O) groups is 1. The molecule has 0 aromatic heterocycles. The molecule has 90 valence electrons. The predicted molar refractivity (Wildman–Crippen MR) is 63.8 cm³/mol. The molecule has 1 aromatic rings. The lowest BCUT2D eigenvalue weighted by Crippen LogP contribution is -2.13. The summed E-state index contributed by atoms with van der Waals surface area (Å²) >= 11 is 6.17. The Morgan fingerprint density at radius 1 is 1.47 bits per heavy atom. The Morgan fingerprint density at radius 3 is 2.88 bits per heavy atom. The SMILES string of the molecule is O=C(O)CC1(c2cc(Cl)c3c(c2)CCO3)CC1. The monoisotopic (exact) mass is 252 g/mol. The van der Waals surface area contributed by atoms with E-state index in [9.17, 15) is 4.79 Å². The first-order valence-corrected chi connectivity index (χ1v) is 6.16. The van der Waals surface area contributed by atoms with E-state index < -0.39 is 5.97 Å². The fourth-order valence-corrected chi connectivity index (χ4v) is 2.87. The highest BCUT2D eigenvalue weighted by molar-refractivity contribution is 6.32. The summed E-state index contributed by atoms with van der Waals surface area (Å²) in [6.07, 6.45) is 2.94. The van der Waals surface area contributed by atoms with E-state index in [0.717, 1.165) is 36.1 Å². The van der Waals surface area contributed by atoms with Crippen molar-refractivity contribution in [3.63, 3.8) is 0 Å². The van der Waals surface area contributed by atoms with Crippen molar-refractivity contribution in [3.8, 4) is 5.75 Å². The van der Waals surface area contributed by atoms with E-state index in [4.69, 9.17) is 21.4 Å². The van der Waals surface area contributed by atoms with Crippen LogP contribution in [0.3, 0.4) is 0 Å². The van der Waals surface area contributed by atoms with Crippen LogP contribution >= 0.6 is 11.6 Å². The third-order valence-corrected chi connectivity index (χ3v) is 3.97. The van der Waals surface area contributed by atoms with Crippen molar-refractivity contribution < 1.29 is 14.6 Å². The van der Waals surface area contributed by atoms with Crippen molar-refractivity contribution in [2.75, 3.05) is 6.61 Å². The summed E-state index contributed by atoms with van der Waals surface area (Å²) in [5.74, 6) is 0.0388. The molecular formula is C13H13ClO3. The predicted octanol–water partition coefficient (Wildman–Crippen LogP) is 2.78. The van der Waals surface area contributed by atoms with Crippen LogP contribution in [0.15, 0.2) is 12.1 Å². The summed E-state index contributed by atoms with van der Waals surface area (Å²) in [6, 6.07) is 3.95. The van der Waals surface area contributed by atoms with Crippen molar-refractivity contribution in [2.45, 2.75) is 31.1 Å². The first-order valence-electron chi connectivity index (χ1n) is 5.78. The lowest BCUT2D eigenvalue weighted by Gasteiger charge is -2.15. The molecule has 1 fully saturated rings. The summed E-state index contributed by atoms with van der Waals surface area (Å²) in [4.78, 5) is 10.9. The number of aliphatic carboxylic acids is 1.